The molecule has 0 radical (unpaired) electrons. The van der Waals surface area contributed by atoms with E-state index in [0.29, 0.717) is 23.0 Å². The average molecular weight is 248 g/mol. The van der Waals surface area contributed by atoms with Crippen LogP contribution in [0, 0.1) is 0 Å². The van der Waals surface area contributed by atoms with Gasteiger partial charge < -0.3 is 10.8 Å². The predicted octanol–water partition coefficient (Wildman–Crippen LogP) is 2.81. The van der Waals surface area contributed by atoms with Crippen LogP contribution in [0.5, 0.6) is 0 Å². The quantitative estimate of drug-likeness (QED) is 0.860. The molecule has 15 heavy (non-hydrogen) atoms. The molecule has 0 aliphatic rings. The van der Waals surface area contributed by atoms with Gasteiger partial charge in [-0.3, -0.25) is 0 Å². The smallest absolute Gasteiger partial charge is 0.0518 e. The van der Waals surface area contributed by atoms with Crippen LogP contribution in [0.1, 0.15) is 24.8 Å². The lowest BCUT2D eigenvalue weighted by atomic mass is 9.94. The number of rotatable bonds is 4. The Bertz CT molecular complexity index is 308. The molecule has 0 saturated heterocycles. The summed E-state index contributed by atoms with van der Waals surface area (Å²) >= 11 is 11.8. The molecule has 0 amide bonds. The molecule has 3 N–H and O–H groups in total. The van der Waals surface area contributed by atoms with Gasteiger partial charge in [-0.15, -0.1) is 0 Å². The number of aliphatic hydroxyl groups excluding tert-OH is 1. The second-order valence-corrected chi connectivity index (χ2v) is 4.59. The van der Waals surface area contributed by atoms with Crippen molar-refractivity contribution in [1.29, 1.82) is 0 Å². The van der Waals surface area contributed by atoms with E-state index in [1.807, 2.05) is 12.1 Å². The number of aliphatic hydroxyl groups is 1. The third-order valence-electron chi connectivity index (χ3n) is 2.27. The molecule has 1 rings (SSSR count). The Morgan fingerprint density at radius 1 is 1.27 bits per heavy atom. The van der Waals surface area contributed by atoms with Crippen molar-refractivity contribution >= 4 is 23.2 Å². The van der Waals surface area contributed by atoms with Crippen molar-refractivity contribution in [2.24, 2.45) is 5.73 Å². The normalized spacial score (nSPS) is 15.0. The fourth-order valence-electron chi connectivity index (χ4n) is 1.59. The molecule has 0 heterocycles. The molecule has 2 nitrogen and oxygen atoms in total. The molecule has 1 aromatic rings. The second-order valence-electron chi connectivity index (χ2n) is 3.72. The van der Waals surface area contributed by atoms with Crippen LogP contribution in [0.2, 0.25) is 10.0 Å². The van der Waals surface area contributed by atoms with Crippen LogP contribution in [0.3, 0.4) is 0 Å². The molecule has 0 bridgehead atoms. The van der Waals surface area contributed by atoms with Crippen molar-refractivity contribution in [3.63, 3.8) is 0 Å². The van der Waals surface area contributed by atoms with E-state index in [2.05, 4.69) is 0 Å². The van der Waals surface area contributed by atoms with Crippen molar-refractivity contribution in [3.8, 4) is 0 Å². The van der Waals surface area contributed by atoms with Crippen LogP contribution in [0.4, 0.5) is 0 Å². The van der Waals surface area contributed by atoms with Gasteiger partial charge in [0.15, 0.2) is 0 Å². The molecule has 0 fully saturated rings. The van der Waals surface area contributed by atoms with E-state index in [9.17, 15) is 5.11 Å². The van der Waals surface area contributed by atoms with Gasteiger partial charge in [0.05, 0.1) is 6.10 Å². The van der Waals surface area contributed by atoms with E-state index in [4.69, 9.17) is 28.9 Å². The summed E-state index contributed by atoms with van der Waals surface area (Å²) < 4.78 is 0. The Hall–Kier alpha value is -0.280. The Kier molecular flexibility index (Phi) is 4.87. The maximum Gasteiger partial charge on any atom is 0.0518 e. The van der Waals surface area contributed by atoms with Gasteiger partial charge in [0.1, 0.15) is 0 Å². The molecule has 4 heteroatoms. The number of hydrogen-bond acceptors (Lipinski definition) is 2. The summed E-state index contributed by atoms with van der Waals surface area (Å²) in [4.78, 5) is 0. The van der Waals surface area contributed by atoms with Crippen molar-refractivity contribution in [3.05, 3.63) is 33.8 Å². The predicted molar refractivity (Wildman–Crippen MR) is 64.6 cm³/mol. The van der Waals surface area contributed by atoms with Gasteiger partial charge >= 0.3 is 0 Å². The lowest BCUT2D eigenvalue weighted by molar-refractivity contribution is 0.175. The van der Waals surface area contributed by atoms with Crippen molar-refractivity contribution < 1.29 is 5.11 Å². The minimum absolute atomic E-state index is 0.0983. The molecule has 2 unspecified atom stereocenters. The first-order valence-corrected chi connectivity index (χ1v) is 5.62. The fourth-order valence-corrected chi connectivity index (χ4v) is 2.13. The number of benzene rings is 1. The molecular formula is C11H15Cl2NO. The molecular weight excluding hydrogens is 233 g/mol. The molecule has 1 aromatic carbocycles. The Labute approximate surface area is 100.0 Å². The molecule has 0 aliphatic heterocycles. The molecule has 0 spiro atoms. The first-order valence-electron chi connectivity index (χ1n) is 4.87. The first kappa shape index (κ1) is 12.8. The highest BCUT2D eigenvalue weighted by molar-refractivity contribution is 6.34. The second kappa shape index (κ2) is 5.71. The van der Waals surface area contributed by atoms with Crippen LogP contribution in [-0.4, -0.2) is 17.8 Å². The topological polar surface area (TPSA) is 46.2 Å². The highest BCUT2D eigenvalue weighted by Crippen LogP contribution is 2.26. The maximum atomic E-state index is 9.33. The standard InChI is InChI=1S/C11H15Cl2NO/c1-7(15)2-9(6-14)8-3-10(12)5-11(13)4-8/h3-5,7,9,15H,2,6,14H2,1H3. The van der Waals surface area contributed by atoms with Gasteiger partial charge in [-0.1, -0.05) is 23.2 Å². The van der Waals surface area contributed by atoms with Gasteiger partial charge in [-0.25, -0.2) is 0 Å². The van der Waals surface area contributed by atoms with Crippen LogP contribution >= 0.6 is 23.2 Å². The van der Waals surface area contributed by atoms with Crippen molar-refractivity contribution in [1.82, 2.24) is 0 Å². The maximum absolute atomic E-state index is 9.33. The van der Waals surface area contributed by atoms with Crippen molar-refractivity contribution in [2.75, 3.05) is 6.54 Å². The zero-order valence-electron chi connectivity index (χ0n) is 8.58. The van der Waals surface area contributed by atoms with Crippen LogP contribution in [-0.2, 0) is 0 Å². The molecule has 0 aromatic heterocycles. The van der Waals surface area contributed by atoms with E-state index in [1.165, 1.54) is 0 Å². The van der Waals surface area contributed by atoms with E-state index in [0.717, 1.165) is 5.56 Å². The van der Waals surface area contributed by atoms with Gasteiger partial charge in [-0.2, -0.15) is 0 Å². The van der Waals surface area contributed by atoms with Crippen molar-refractivity contribution in [2.45, 2.75) is 25.4 Å². The van der Waals surface area contributed by atoms with Crippen LogP contribution in [0.25, 0.3) is 0 Å². The summed E-state index contributed by atoms with van der Waals surface area (Å²) in [7, 11) is 0. The first-order chi connectivity index (χ1) is 7.02. The minimum Gasteiger partial charge on any atom is -0.393 e. The Morgan fingerprint density at radius 3 is 2.20 bits per heavy atom. The number of hydrogen-bond donors (Lipinski definition) is 2. The molecule has 0 aliphatic carbocycles. The number of nitrogens with two attached hydrogens (primary N) is 1. The zero-order chi connectivity index (χ0) is 11.4. The highest BCUT2D eigenvalue weighted by Gasteiger charge is 2.13. The van der Waals surface area contributed by atoms with E-state index in [-0.39, 0.29) is 12.0 Å². The van der Waals surface area contributed by atoms with Crippen LogP contribution < -0.4 is 5.73 Å². The SMILES string of the molecule is CC(O)CC(CN)c1cc(Cl)cc(Cl)c1. The summed E-state index contributed by atoms with van der Waals surface area (Å²) in [6, 6.07) is 5.36. The van der Waals surface area contributed by atoms with E-state index in [1.54, 1.807) is 13.0 Å². The van der Waals surface area contributed by atoms with Gasteiger partial charge in [0.2, 0.25) is 0 Å². The Balaban J connectivity index is 2.91. The summed E-state index contributed by atoms with van der Waals surface area (Å²) in [5.74, 6) is 0.0983. The molecule has 0 saturated carbocycles. The van der Waals surface area contributed by atoms with Gasteiger partial charge in [0, 0.05) is 10.0 Å². The van der Waals surface area contributed by atoms with Crippen LogP contribution in [0.15, 0.2) is 18.2 Å². The van der Waals surface area contributed by atoms with E-state index >= 15 is 0 Å². The zero-order valence-corrected chi connectivity index (χ0v) is 10.1. The summed E-state index contributed by atoms with van der Waals surface area (Å²) in [5.41, 5.74) is 6.64. The largest absolute Gasteiger partial charge is 0.393 e. The van der Waals surface area contributed by atoms with Gasteiger partial charge in [0.25, 0.3) is 0 Å². The van der Waals surface area contributed by atoms with Gasteiger partial charge in [-0.05, 0) is 49.6 Å². The highest BCUT2D eigenvalue weighted by atomic mass is 35.5. The molecule has 84 valence electrons. The average Bonchev–Trinajstić information content (AvgIpc) is 2.12. The summed E-state index contributed by atoms with van der Waals surface area (Å²) in [6.45, 7) is 2.22. The fraction of sp³-hybridized carbons (Fsp3) is 0.455. The molecule has 2 atom stereocenters. The third-order valence-corrected chi connectivity index (χ3v) is 2.70. The number of halogens is 2. The summed E-state index contributed by atoms with van der Waals surface area (Å²) in [5, 5.41) is 10.5. The lowest BCUT2D eigenvalue weighted by Gasteiger charge is -2.17. The summed E-state index contributed by atoms with van der Waals surface area (Å²) in [6.07, 6.45) is 0.240. The lowest BCUT2D eigenvalue weighted by Crippen LogP contribution is -2.17. The third kappa shape index (κ3) is 3.99. The Morgan fingerprint density at radius 2 is 1.80 bits per heavy atom. The monoisotopic (exact) mass is 247 g/mol. The minimum atomic E-state index is -0.378. The van der Waals surface area contributed by atoms with E-state index < -0.39 is 0 Å².